The number of hydrogen-bond acceptors (Lipinski definition) is 6. The first kappa shape index (κ1) is 11.4. The van der Waals surface area contributed by atoms with Crippen molar-refractivity contribution in [1.29, 1.82) is 0 Å². The molecule has 1 aliphatic rings. The van der Waals surface area contributed by atoms with Crippen LogP contribution in [0.5, 0.6) is 0 Å². The molecule has 0 spiro atoms. The van der Waals surface area contributed by atoms with Gasteiger partial charge in [-0.05, 0) is 25.6 Å². The predicted octanol–water partition coefficient (Wildman–Crippen LogP) is 0.796. The van der Waals surface area contributed by atoms with Crippen LogP contribution in [0.1, 0.15) is 24.8 Å². The molecule has 0 aromatic carbocycles. The van der Waals surface area contributed by atoms with Gasteiger partial charge >= 0.3 is 6.01 Å². The smallest absolute Gasteiger partial charge is 0.322 e. The summed E-state index contributed by atoms with van der Waals surface area (Å²) in [6.07, 6.45) is 3.98. The largest absolute Gasteiger partial charge is 0.406 e. The molecule has 2 rings (SSSR count). The molecule has 1 saturated heterocycles. The number of amides is 1. The Bertz CT molecular complexity index is 362. The number of carbonyl (C=O) groups excluding carboxylic acids is 1. The van der Waals surface area contributed by atoms with E-state index in [9.17, 15) is 4.79 Å². The van der Waals surface area contributed by atoms with Crippen molar-refractivity contribution in [2.24, 2.45) is 0 Å². The van der Waals surface area contributed by atoms with Crippen molar-refractivity contribution in [3.05, 3.63) is 5.89 Å². The van der Waals surface area contributed by atoms with Crippen molar-refractivity contribution in [3.63, 3.8) is 0 Å². The van der Waals surface area contributed by atoms with E-state index in [4.69, 9.17) is 4.42 Å². The summed E-state index contributed by atoms with van der Waals surface area (Å²) in [5, 5.41) is 13.5. The van der Waals surface area contributed by atoms with Crippen LogP contribution in [0.25, 0.3) is 0 Å². The number of nitrogens with zero attached hydrogens (tertiary/aromatic N) is 2. The maximum Gasteiger partial charge on any atom is 0.322 e. The van der Waals surface area contributed by atoms with Gasteiger partial charge in [0.25, 0.3) is 0 Å². The average molecular weight is 242 g/mol. The Balaban J connectivity index is 1.93. The molecule has 88 valence electrons. The highest BCUT2D eigenvalue weighted by atomic mass is 32.2. The zero-order valence-corrected chi connectivity index (χ0v) is 9.84. The van der Waals surface area contributed by atoms with Crippen LogP contribution in [-0.4, -0.2) is 34.7 Å². The minimum Gasteiger partial charge on any atom is -0.406 e. The van der Waals surface area contributed by atoms with Crippen LogP contribution in [0.15, 0.2) is 4.42 Å². The second kappa shape index (κ2) is 5.31. The summed E-state index contributed by atoms with van der Waals surface area (Å²) in [5.74, 6) is 0.818. The van der Waals surface area contributed by atoms with Crippen molar-refractivity contribution < 1.29 is 9.21 Å². The molecule has 0 saturated carbocycles. The van der Waals surface area contributed by atoms with Crippen molar-refractivity contribution >= 4 is 23.7 Å². The number of carbonyl (C=O) groups is 1. The zero-order chi connectivity index (χ0) is 11.4. The second-order valence-electron chi connectivity index (χ2n) is 3.58. The third-order valence-electron chi connectivity index (χ3n) is 2.32. The Labute approximate surface area is 97.6 Å². The fourth-order valence-corrected chi connectivity index (χ4v) is 1.94. The lowest BCUT2D eigenvalue weighted by molar-refractivity contribution is -0.113. The third kappa shape index (κ3) is 2.73. The molecule has 1 aromatic rings. The van der Waals surface area contributed by atoms with E-state index in [2.05, 4.69) is 20.8 Å². The molecule has 1 aliphatic heterocycles. The number of aromatic nitrogens is 2. The maximum absolute atomic E-state index is 11.3. The van der Waals surface area contributed by atoms with Gasteiger partial charge in [0, 0.05) is 0 Å². The van der Waals surface area contributed by atoms with Gasteiger partial charge in [0.1, 0.15) is 0 Å². The van der Waals surface area contributed by atoms with Crippen LogP contribution in [0, 0.1) is 0 Å². The molecule has 1 atom stereocenters. The lowest BCUT2D eigenvalue weighted by Gasteiger charge is -2.02. The van der Waals surface area contributed by atoms with E-state index < -0.39 is 0 Å². The molecule has 2 N–H and O–H groups in total. The first-order valence-corrected chi connectivity index (χ1v) is 6.54. The monoisotopic (exact) mass is 242 g/mol. The summed E-state index contributed by atoms with van der Waals surface area (Å²) in [6, 6.07) is 0.321. The van der Waals surface area contributed by atoms with Gasteiger partial charge in [0.05, 0.1) is 11.8 Å². The molecule has 7 heteroatoms. The Kier molecular flexibility index (Phi) is 3.79. The standard InChI is InChI=1S/C9H14N4O2S/c1-16-5-7(14)11-9-13-12-8(15-9)6-3-2-4-10-6/h6,10H,2-5H2,1H3,(H,11,13,14). The molecule has 2 heterocycles. The lowest BCUT2D eigenvalue weighted by atomic mass is 10.2. The quantitative estimate of drug-likeness (QED) is 0.812. The summed E-state index contributed by atoms with van der Waals surface area (Å²) >= 11 is 1.45. The highest BCUT2D eigenvalue weighted by Crippen LogP contribution is 2.22. The van der Waals surface area contributed by atoms with Crippen molar-refractivity contribution in [3.8, 4) is 0 Å². The summed E-state index contributed by atoms with van der Waals surface area (Å²) < 4.78 is 5.36. The van der Waals surface area contributed by atoms with E-state index in [1.807, 2.05) is 6.26 Å². The summed E-state index contributed by atoms with van der Waals surface area (Å²) in [5.41, 5.74) is 0. The first-order valence-electron chi connectivity index (χ1n) is 5.15. The van der Waals surface area contributed by atoms with E-state index in [1.54, 1.807) is 0 Å². The molecule has 1 amide bonds. The number of rotatable bonds is 4. The van der Waals surface area contributed by atoms with Crippen LogP contribution in [-0.2, 0) is 4.79 Å². The van der Waals surface area contributed by atoms with Gasteiger partial charge in [-0.15, -0.1) is 5.10 Å². The van der Waals surface area contributed by atoms with E-state index >= 15 is 0 Å². The van der Waals surface area contributed by atoms with E-state index in [0.29, 0.717) is 11.6 Å². The summed E-state index contributed by atoms with van der Waals surface area (Å²) in [6.45, 7) is 0.973. The van der Waals surface area contributed by atoms with Gasteiger partial charge in [0.2, 0.25) is 11.8 Å². The van der Waals surface area contributed by atoms with E-state index in [0.717, 1.165) is 19.4 Å². The van der Waals surface area contributed by atoms with Crippen molar-refractivity contribution in [1.82, 2.24) is 15.5 Å². The van der Waals surface area contributed by atoms with E-state index in [-0.39, 0.29) is 18.0 Å². The number of nitrogens with one attached hydrogen (secondary N) is 2. The third-order valence-corrected chi connectivity index (χ3v) is 2.87. The predicted molar refractivity (Wildman–Crippen MR) is 61.3 cm³/mol. The number of hydrogen-bond donors (Lipinski definition) is 2. The van der Waals surface area contributed by atoms with Crippen LogP contribution in [0.2, 0.25) is 0 Å². The molecule has 1 fully saturated rings. The molecule has 16 heavy (non-hydrogen) atoms. The van der Waals surface area contributed by atoms with Gasteiger partial charge in [0.15, 0.2) is 0 Å². The fraction of sp³-hybridized carbons (Fsp3) is 0.667. The molecule has 0 aliphatic carbocycles. The molecule has 1 unspecified atom stereocenters. The lowest BCUT2D eigenvalue weighted by Crippen LogP contribution is -2.14. The van der Waals surface area contributed by atoms with Crippen LogP contribution >= 0.6 is 11.8 Å². The molecular formula is C9H14N4O2S. The van der Waals surface area contributed by atoms with Gasteiger partial charge in [-0.2, -0.15) is 11.8 Å². The first-order chi connectivity index (χ1) is 7.79. The van der Waals surface area contributed by atoms with Gasteiger partial charge in [-0.25, -0.2) is 0 Å². The Morgan fingerprint density at radius 2 is 2.56 bits per heavy atom. The Morgan fingerprint density at radius 1 is 1.69 bits per heavy atom. The minimum atomic E-state index is -0.123. The number of thioether (sulfide) groups is 1. The summed E-state index contributed by atoms with van der Waals surface area (Å²) in [7, 11) is 0. The number of anilines is 1. The molecule has 6 nitrogen and oxygen atoms in total. The SMILES string of the molecule is CSCC(=O)Nc1nnc(C2CCCN2)o1. The molecular weight excluding hydrogens is 228 g/mol. The normalized spacial score (nSPS) is 19.9. The second-order valence-corrected chi connectivity index (χ2v) is 4.44. The molecule has 1 aromatic heterocycles. The molecule has 0 radical (unpaired) electrons. The van der Waals surface area contributed by atoms with Gasteiger partial charge in [-0.1, -0.05) is 5.10 Å². The fourth-order valence-electron chi connectivity index (χ4n) is 1.61. The topological polar surface area (TPSA) is 80.0 Å². The van der Waals surface area contributed by atoms with Crippen LogP contribution in [0.4, 0.5) is 6.01 Å². The van der Waals surface area contributed by atoms with Gasteiger partial charge < -0.3 is 9.73 Å². The van der Waals surface area contributed by atoms with Crippen molar-refractivity contribution in [2.75, 3.05) is 23.9 Å². The van der Waals surface area contributed by atoms with Crippen LogP contribution in [0.3, 0.4) is 0 Å². The van der Waals surface area contributed by atoms with Crippen molar-refractivity contribution in [2.45, 2.75) is 18.9 Å². The average Bonchev–Trinajstić information content (AvgIpc) is 2.86. The minimum absolute atomic E-state index is 0.123. The Hall–Kier alpha value is -1.08. The highest BCUT2D eigenvalue weighted by molar-refractivity contribution is 7.99. The molecule has 0 bridgehead atoms. The Morgan fingerprint density at radius 3 is 3.25 bits per heavy atom. The van der Waals surface area contributed by atoms with Gasteiger partial charge in [-0.3, -0.25) is 10.1 Å². The van der Waals surface area contributed by atoms with Crippen LogP contribution < -0.4 is 10.6 Å². The zero-order valence-electron chi connectivity index (χ0n) is 9.02. The maximum atomic E-state index is 11.3. The summed E-state index contributed by atoms with van der Waals surface area (Å²) in [4.78, 5) is 11.3. The highest BCUT2D eigenvalue weighted by Gasteiger charge is 2.22. The van der Waals surface area contributed by atoms with E-state index in [1.165, 1.54) is 11.8 Å².